The van der Waals surface area contributed by atoms with Crippen molar-refractivity contribution < 1.29 is 14.3 Å². The van der Waals surface area contributed by atoms with E-state index in [4.69, 9.17) is 9.47 Å². The van der Waals surface area contributed by atoms with Gasteiger partial charge in [-0.25, -0.2) is 0 Å². The van der Waals surface area contributed by atoms with Crippen LogP contribution in [0, 0.1) is 5.92 Å². The molecule has 1 heterocycles. The second-order valence-electron chi connectivity index (χ2n) is 6.08. The van der Waals surface area contributed by atoms with Crippen LogP contribution in [0.25, 0.3) is 0 Å². The van der Waals surface area contributed by atoms with Crippen molar-refractivity contribution in [3.63, 3.8) is 0 Å². The zero-order chi connectivity index (χ0) is 13.6. The molecular weight excluding hydrogens is 230 g/mol. The van der Waals surface area contributed by atoms with Gasteiger partial charge in [0.25, 0.3) is 0 Å². The first-order valence-electron chi connectivity index (χ1n) is 6.84. The molecule has 0 N–H and O–H groups in total. The fraction of sp³-hybridized carbons (Fsp3) is 0.929. The lowest BCUT2D eigenvalue weighted by Gasteiger charge is -2.31. The Labute approximate surface area is 111 Å². The number of esters is 1. The van der Waals surface area contributed by atoms with Gasteiger partial charge in [-0.1, -0.05) is 0 Å². The molecule has 0 amide bonds. The molecule has 0 unspecified atom stereocenters. The van der Waals surface area contributed by atoms with Crippen molar-refractivity contribution in [1.29, 1.82) is 0 Å². The Morgan fingerprint density at radius 2 is 1.89 bits per heavy atom. The standard InChI is InChI=1S/C14H27NO3/c1-14(2,3)18-13(16)7-10-15-8-5-12(6-9-15)11-17-4/h12H,5-11H2,1-4H3. The molecule has 1 rings (SSSR count). The minimum atomic E-state index is -0.372. The monoisotopic (exact) mass is 257 g/mol. The van der Waals surface area contributed by atoms with Crippen molar-refractivity contribution in [3.8, 4) is 0 Å². The summed E-state index contributed by atoms with van der Waals surface area (Å²) in [5.41, 5.74) is -0.372. The third-order valence-electron chi connectivity index (χ3n) is 3.16. The molecule has 1 aliphatic rings. The molecule has 1 saturated heterocycles. The van der Waals surface area contributed by atoms with E-state index >= 15 is 0 Å². The SMILES string of the molecule is COCC1CCN(CCC(=O)OC(C)(C)C)CC1. The summed E-state index contributed by atoms with van der Waals surface area (Å²) >= 11 is 0. The van der Waals surface area contributed by atoms with E-state index in [2.05, 4.69) is 4.90 Å². The van der Waals surface area contributed by atoms with Crippen LogP contribution in [0.5, 0.6) is 0 Å². The number of ether oxygens (including phenoxy) is 2. The minimum absolute atomic E-state index is 0.0958. The lowest BCUT2D eigenvalue weighted by molar-refractivity contribution is -0.155. The Bertz CT molecular complexity index is 252. The Morgan fingerprint density at radius 1 is 1.28 bits per heavy atom. The number of carbonyl (C=O) groups is 1. The summed E-state index contributed by atoms with van der Waals surface area (Å²) in [7, 11) is 1.76. The molecule has 0 saturated carbocycles. The second kappa shape index (κ2) is 7.10. The number of carbonyl (C=O) groups excluding carboxylic acids is 1. The summed E-state index contributed by atoms with van der Waals surface area (Å²) in [6, 6.07) is 0. The van der Waals surface area contributed by atoms with Gasteiger partial charge in [-0.3, -0.25) is 4.79 Å². The van der Waals surface area contributed by atoms with Gasteiger partial charge in [0.1, 0.15) is 5.60 Å². The van der Waals surface area contributed by atoms with E-state index in [0.29, 0.717) is 12.3 Å². The smallest absolute Gasteiger partial charge is 0.307 e. The Kier molecular flexibility index (Phi) is 6.09. The molecule has 1 fully saturated rings. The van der Waals surface area contributed by atoms with Crippen LogP contribution < -0.4 is 0 Å². The molecule has 4 heteroatoms. The van der Waals surface area contributed by atoms with Crippen molar-refractivity contribution in [1.82, 2.24) is 4.90 Å². The van der Waals surface area contributed by atoms with Crippen LogP contribution in [0.3, 0.4) is 0 Å². The molecule has 0 radical (unpaired) electrons. The van der Waals surface area contributed by atoms with E-state index in [0.717, 1.165) is 26.2 Å². The van der Waals surface area contributed by atoms with Gasteiger partial charge in [0.15, 0.2) is 0 Å². The lowest BCUT2D eigenvalue weighted by atomic mass is 9.98. The summed E-state index contributed by atoms with van der Waals surface area (Å²) in [6.45, 7) is 9.52. The number of nitrogens with zero attached hydrogens (tertiary/aromatic N) is 1. The van der Waals surface area contributed by atoms with Crippen LogP contribution >= 0.6 is 0 Å². The van der Waals surface area contributed by atoms with Gasteiger partial charge in [-0.05, 0) is 52.6 Å². The van der Waals surface area contributed by atoms with Gasteiger partial charge in [-0.15, -0.1) is 0 Å². The number of rotatable bonds is 5. The van der Waals surface area contributed by atoms with Gasteiger partial charge in [0.05, 0.1) is 6.42 Å². The summed E-state index contributed by atoms with van der Waals surface area (Å²) in [4.78, 5) is 13.9. The molecule has 18 heavy (non-hydrogen) atoms. The maximum absolute atomic E-state index is 11.6. The molecule has 0 atom stereocenters. The molecule has 0 spiro atoms. The molecule has 0 aliphatic carbocycles. The highest BCUT2D eigenvalue weighted by molar-refractivity contribution is 5.70. The first-order valence-corrected chi connectivity index (χ1v) is 6.84. The number of hydrogen-bond acceptors (Lipinski definition) is 4. The number of likely N-dealkylation sites (tertiary alicyclic amines) is 1. The van der Waals surface area contributed by atoms with E-state index in [1.807, 2.05) is 20.8 Å². The normalized spacial score (nSPS) is 18.9. The van der Waals surface area contributed by atoms with Crippen LogP contribution in [0.1, 0.15) is 40.0 Å². The molecule has 1 aliphatic heterocycles. The first-order chi connectivity index (χ1) is 8.40. The van der Waals surface area contributed by atoms with E-state index in [9.17, 15) is 4.79 Å². The summed E-state index contributed by atoms with van der Waals surface area (Å²) < 4.78 is 10.5. The number of methoxy groups -OCH3 is 1. The van der Waals surface area contributed by atoms with Crippen LogP contribution in [0.2, 0.25) is 0 Å². The first kappa shape index (κ1) is 15.4. The van der Waals surface area contributed by atoms with E-state index in [-0.39, 0.29) is 11.6 Å². The summed E-state index contributed by atoms with van der Waals surface area (Å²) in [6.07, 6.45) is 2.83. The van der Waals surface area contributed by atoms with Crippen LogP contribution in [-0.2, 0) is 14.3 Å². The van der Waals surface area contributed by atoms with Gasteiger partial charge >= 0.3 is 5.97 Å². The average molecular weight is 257 g/mol. The second-order valence-corrected chi connectivity index (χ2v) is 6.08. The van der Waals surface area contributed by atoms with Gasteiger partial charge in [0, 0.05) is 20.3 Å². The predicted octanol–water partition coefficient (Wildman–Crippen LogP) is 2.08. The van der Waals surface area contributed by atoms with E-state index < -0.39 is 0 Å². The van der Waals surface area contributed by atoms with Crippen LogP contribution in [0.15, 0.2) is 0 Å². The molecule has 0 aromatic heterocycles. The summed E-state index contributed by atoms with van der Waals surface area (Å²) in [5, 5.41) is 0. The maximum Gasteiger partial charge on any atom is 0.307 e. The lowest BCUT2D eigenvalue weighted by Crippen LogP contribution is -2.37. The zero-order valence-electron chi connectivity index (χ0n) is 12.2. The van der Waals surface area contributed by atoms with Crippen molar-refractivity contribution in [2.75, 3.05) is 33.4 Å². The predicted molar refractivity (Wildman–Crippen MR) is 71.5 cm³/mol. The van der Waals surface area contributed by atoms with E-state index in [1.54, 1.807) is 7.11 Å². The van der Waals surface area contributed by atoms with Crippen molar-refractivity contribution in [3.05, 3.63) is 0 Å². The zero-order valence-corrected chi connectivity index (χ0v) is 12.2. The minimum Gasteiger partial charge on any atom is -0.460 e. The van der Waals surface area contributed by atoms with Gasteiger partial charge < -0.3 is 14.4 Å². The van der Waals surface area contributed by atoms with Crippen molar-refractivity contribution in [2.24, 2.45) is 5.92 Å². The maximum atomic E-state index is 11.6. The number of piperidine rings is 1. The topological polar surface area (TPSA) is 38.8 Å². The van der Waals surface area contributed by atoms with Crippen molar-refractivity contribution >= 4 is 5.97 Å². The Morgan fingerprint density at radius 3 is 2.39 bits per heavy atom. The van der Waals surface area contributed by atoms with Gasteiger partial charge in [0.2, 0.25) is 0 Å². The van der Waals surface area contributed by atoms with Crippen LogP contribution in [0.4, 0.5) is 0 Å². The third-order valence-corrected chi connectivity index (χ3v) is 3.16. The molecule has 0 aromatic carbocycles. The Hall–Kier alpha value is -0.610. The number of hydrogen-bond donors (Lipinski definition) is 0. The quantitative estimate of drug-likeness (QED) is 0.707. The molecule has 106 valence electrons. The Balaban J connectivity index is 2.16. The van der Waals surface area contributed by atoms with E-state index in [1.165, 1.54) is 12.8 Å². The highest BCUT2D eigenvalue weighted by Gasteiger charge is 2.21. The fourth-order valence-electron chi connectivity index (χ4n) is 2.25. The molecule has 0 bridgehead atoms. The molecule has 0 aromatic rings. The van der Waals surface area contributed by atoms with Crippen molar-refractivity contribution in [2.45, 2.75) is 45.6 Å². The highest BCUT2D eigenvalue weighted by atomic mass is 16.6. The average Bonchev–Trinajstić information content (AvgIpc) is 2.26. The highest BCUT2D eigenvalue weighted by Crippen LogP contribution is 2.17. The largest absolute Gasteiger partial charge is 0.460 e. The van der Waals surface area contributed by atoms with Gasteiger partial charge in [-0.2, -0.15) is 0 Å². The third kappa shape index (κ3) is 6.36. The fourth-order valence-corrected chi connectivity index (χ4v) is 2.25. The summed E-state index contributed by atoms with van der Waals surface area (Å²) in [5.74, 6) is 0.592. The molecular formula is C14H27NO3. The van der Waals surface area contributed by atoms with Crippen LogP contribution in [-0.4, -0.2) is 49.8 Å². The molecule has 4 nitrogen and oxygen atoms in total.